The number of unbranched alkanes of at least 4 members (excludes halogenated alkanes) is 3. The van der Waals surface area contributed by atoms with Gasteiger partial charge in [-0.3, -0.25) is 0 Å². The van der Waals surface area contributed by atoms with E-state index in [9.17, 15) is 0 Å². The second kappa shape index (κ2) is 13.6. The van der Waals surface area contributed by atoms with Crippen LogP contribution in [0.1, 0.15) is 73.1 Å². The predicted molar refractivity (Wildman–Crippen MR) is 59.6 cm³/mol. The van der Waals surface area contributed by atoms with Crippen molar-refractivity contribution in [3.05, 3.63) is 0 Å². The zero-order chi connectivity index (χ0) is 9.82. The van der Waals surface area contributed by atoms with Gasteiger partial charge in [-0.1, -0.05) is 73.1 Å². The molecule has 0 aromatic rings. The summed E-state index contributed by atoms with van der Waals surface area (Å²) in [6.45, 7) is 11.2. The van der Waals surface area contributed by atoms with Crippen LogP contribution in [0.4, 0.5) is 0 Å². The van der Waals surface area contributed by atoms with E-state index < -0.39 is 0 Å². The highest BCUT2D eigenvalue weighted by atomic mass is 13.9. The van der Waals surface area contributed by atoms with Gasteiger partial charge >= 0.3 is 0 Å². The summed E-state index contributed by atoms with van der Waals surface area (Å²) in [5.41, 5.74) is 0. The number of hydrogen-bond acceptors (Lipinski definition) is 0. The van der Waals surface area contributed by atoms with Crippen LogP contribution < -0.4 is 0 Å². The van der Waals surface area contributed by atoms with Gasteiger partial charge in [0.25, 0.3) is 0 Å². The molecule has 0 aromatic carbocycles. The Morgan fingerprint density at radius 1 is 0.750 bits per heavy atom. The largest absolute Gasteiger partial charge is 0.0654 e. The highest BCUT2D eigenvalue weighted by Crippen LogP contribution is 2.04. The van der Waals surface area contributed by atoms with Gasteiger partial charge in [-0.15, -0.1) is 0 Å². The minimum absolute atomic E-state index is 0.903. The Bertz CT molecular complexity index is 53.1. The predicted octanol–water partition coefficient (Wildman–Crippen LogP) is 5.03. The van der Waals surface area contributed by atoms with Gasteiger partial charge in [0, 0.05) is 0 Å². The summed E-state index contributed by atoms with van der Waals surface area (Å²) in [5.74, 6) is 0.903. The first kappa shape index (κ1) is 14.5. The minimum atomic E-state index is 0.903. The molecule has 0 unspecified atom stereocenters. The number of hydrogen-bond donors (Lipinski definition) is 0. The van der Waals surface area contributed by atoms with Crippen LogP contribution >= 0.6 is 0 Å². The highest BCUT2D eigenvalue weighted by Gasteiger charge is 1.88. The van der Waals surface area contributed by atoms with Crippen LogP contribution in [0.2, 0.25) is 0 Å². The maximum Gasteiger partial charge on any atom is -0.0471 e. The Labute approximate surface area is 79.8 Å². The summed E-state index contributed by atoms with van der Waals surface area (Å²) in [6.07, 6.45) is 8.22. The lowest BCUT2D eigenvalue weighted by atomic mass is 10.1. The summed E-state index contributed by atoms with van der Waals surface area (Å²) in [6, 6.07) is 0. The molecule has 0 aliphatic heterocycles. The molecule has 0 heterocycles. The summed E-state index contributed by atoms with van der Waals surface area (Å²) < 4.78 is 0. The molecule has 0 amide bonds. The standard InChI is InChI=1S/C7H16.C5H12/c1-4-5-6-7(2)3;1-3-5-4-2/h7H,4-6H2,1-3H3;3-5H2,1-2H3. The lowest BCUT2D eigenvalue weighted by Crippen LogP contribution is -1.83. The molecule has 0 saturated heterocycles. The van der Waals surface area contributed by atoms with Crippen molar-refractivity contribution in [2.45, 2.75) is 73.1 Å². The van der Waals surface area contributed by atoms with Crippen LogP contribution in [0.5, 0.6) is 0 Å². The van der Waals surface area contributed by atoms with E-state index in [2.05, 4.69) is 34.6 Å². The molecule has 76 valence electrons. The monoisotopic (exact) mass is 172 g/mol. The molecule has 0 bridgehead atoms. The maximum atomic E-state index is 2.27. The molecule has 0 radical (unpaired) electrons. The Kier molecular flexibility index (Phi) is 16.4. The van der Waals surface area contributed by atoms with Crippen molar-refractivity contribution in [1.29, 1.82) is 0 Å². The SMILES string of the molecule is CCCCC.CCCCC(C)C. The molecule has 0 aliphatic rings. The molecule has 0 fully saturated rings. The van der Waals surface area contributed by atoms with Crippen molar-refractivity contribution in [3.8, 4) is 0 Å². The van der Waals surface area contributed by atoms with Crippen molar-refractivity contribution in [2.24, 2.45) is 5.92 Å². The van der Waals surface area contributed by atoms with Gasteiger partial charge in [0.2, 0.25) is 0 Å². The quantitative estimate of drug-likeness (QED) is 0.545. The Hall–Kier alpha value is 0. The van der Waals surface area contributed by atoms with Gasteiger partial charge in [-0.25, -0.2) is 0 Å². The van der Waals surface area contributed by atoms with E-state index in [1.165, 1.54) is 38.5 Å². The third-order valence-corrected chi connectivity index (χ3v) is 1.84. The smallest absolute Gasteiger partial charge is 0.0471 e. The molecular formula is C12H28. The summed E-state index contributed by atoms with van der Waals surface area (Å²) in [4.78, 5) is 0. The molecular weight excluding hydrogens is 144 g/mol. The average molecular weight is 172 g/mol. The van der Waals surface area contributed by atoms with E-state index >= 15 is 0 Å². The van der Waals surface area contributed by atoms with Crippen molar-refractivity contribution < 1.29 is 0 Å². The normalized spacial score (nSPS) is 9.50. The van der Waals surface area contributed by atoms with E-state index in [4.69, 9.17) is 0 Å². The third kappa shape index (κ3) is 22.5. The van der Waals surface area contributed by atoms with Gasteiger partial charge in [0.05, 0.1) is 0 Å². The van der Waals surface area contributed by atoms with Gasteiger partial charge in [-0.2, -0.15) is 0 Å². The Morgan fingerprint density at radius 3 is 1.25 bits per heavy atom. The van der Waals surface area contributed by atoms with Crippen molar-refractivity contribution in [3.63, 3.8) is 0 Å². The van der Waals surface area contributed by atoms with Crippen molar-refractivity contribution in [2.75, 3.05) is 0 Å². The first-order valence-corrected chi connectivity index (χ1v) is 5.68. The number of rotatable bonds is 5. The lowest BCUT2D eigenvalue weighted by molar-refractivity contribution is 0.550. The second-order valence-electron chi connectivity index (χ2n) is 3.89. The molecule has 0 heteroatoms. The van der Waals surface area contributed by atoms with E-state index in [1.54, 1.807) is 0 Å². The second-order valence-corrected chi connectivity index (χ2v) is 3.89. The molecule has 0 atom stereocenters. The molecule has 0 aromatic heterocycles. The van der Waals surface area contributed by atoms with Crippen LogP contribution in [0.25, 0.3) is 0 Å². The zero-order valence-corrected chi connectivity index (χ0v) is 9.82. The minimum Gasteiger partial charge on any atom is -0.0654 e. The third-order valence-electron chi connectivity index (χ3n) is 1.84. The molecule has 0 saturated carbocycles. The lowest BCUT2D eigenvalue weighted by Gasteiger charge is -1.98. The Morgan fingerprint density at radius 2 is 1.17 bits per heavy atom. The summed E-state index contributed by atoms with van der Waals surface area (Å²) >= 11 is 0. The van der Waals surface area contributed by atoms with E-state index in [1.807, 2.05) is 0 Å². The van der Waals surface area contributed by atoms with Crippen LogP contribution in [-0.2, 0) is 0 Å². The van der Waals surface area contributed by atoms with Gasteiger partial charge in [0.15, 0.2) is 0 Å². The topological polar surface area (TPSA) is 0 Å². The van der Waals surface area contributed by atoms with Crippen LogP contribution in [0, 0.1) is 5.92 Å². The van der Waals surface area contributed by atoms with Crippen LogP contribution in [0.15, 0.2) is 0 Å². The average Bonchev–Trinajstić information content (AvgIpc) is 2.03. The van der Waals surface area contributed by atoms with Gasteiger partial charge in [0.1, 0.15) is 0 Å². The van der Waals surface area contributed by atoms with Crippen molar-refractivity contribution >= 4 is 0 Å². The molecule has 0 N–H and O–H groups in total. The first-order chi connectivity index (χ1) is 5.68. The fraction of sp³-hybridized carbons (Fsp3) is 1.00. The van der Waals surface area contributed by atoms with Crippen LogP contribution in [-0.4, -0.2) is 0 Å². The maximum absolute atomic E-state index is 2.27. The molecule has 0 aliphatic carbocycles. The van der Waals surface area contributed by atoms with Gasteiger partial charge in [-0.05, 0) is 5.92 Å². The fourth-order valence-electron chi connectivity index (χ4n) is 0.966. The van der Waals surface area contributed by atoms with E-state index in [0.29, 0.717) is 0 Å². The fourth-order valence-corrected chi connectivity index (χ4v) is 0.966. The molecule has 0 rings (SSSR count). The van der Waals surface area contributed by atoms with E-state index in [-0.39, 0.29) is 0 Å². The van der Waals surface area contributed by atoms with Gasteiger partial charge < -0.3 is 0 Å². The molecule has 0 nitrogen and oxygen atoms in total. The summed E-state index contributed by atoms with van der Waals surface area (Å²) in [7, 11) is 0. The summed E-state index contributed by atoms with van der Waals surface area (Å²) in [5, 5.41) is 0. The van der Waals surface area contributed by atoms with E-state index in [0.717, 1.165) is 5.92 Å². The molecule has 12 heavy (non-hydrogen) atoms. The zero-order valence-electron chi connectivity index (χ0n) is 9.82. The van der Waals surface area contributed by atoms with Crippen molar-refractivity contribution in [1.82, 2.24) is 0 Å². The molecule has 0 spiro atoms. The Balaban J connectivity index is 0. The van der Waals surface area contributed by atoms with Crippen LogP contribution in [0.3, 0.4) is 0 Å². The highest BCUT2D eigenvalue weighted by molar-refractivity contribution is 4.42. The first-order valence-electron chi connectivity index (χ1n) is 5.68.